The van der Waals surface area contributed by atoms with E-state index in [0.29, 0.717) is 0 Å². The summed E-state index contributed by atoms with van der Waals surface area (Å²) in [7, 11) is 0. The minimum absolute atomic E-state index is 1.37. The SMILES string of the molecule is CCCCCCC[CH2][Sn].[CH3][Sn]. The van der Waals surface area contributed by atoms with E-state index in [1.54, 1.807) is 45.0 Å². The molecule has 0 saturated carbocycles. The molecule has 0 heterocycles. The van der Waals surface area contributed by atoms with Crippen molar-refractivity contribution >= 4 is 45.0 Å². The summed E-state index contributed by atoms with van der Waals surface area (Å²) in [5, 5.41) is 0. The van der Waals surface area contributed by atoms with Crippen LogP contribution in [-0.4, -0.2) is 45.0 Å². The van der Waals surface area contributed by atoms with E-state index in [-0.39, 0.29) is 0 Å². The average molecular weight is 366 g/mol. The minimum atomic E-state index is 1.37. The van der Waals surface area contributed by atoms with Gasteiger partial charge in [-0.05, 0) is 0 Å². The first-order valence-corrected chi connectivity index (χ1v) is 9.43. The van der Waals surface area contributed by atoms with Gasteiger partial charge in [0, 0.05) is 0 Å². The van der Waals surface area contributed by atoms with Gasteiger partial charge in [-0.1, -0.05) is 0 Å². The second-order valence-electron chi connectivity index (χ2n) is 2.52. The molecule has 0 aliphatic heterocycles. The van der Waals surface area contributed by atoms with Gasteiger partial charge in [-0.15, -0.1) is 0 Å². The molecule has 0 aromatic carbocycles. The molecule has 0 aromatic heterocycles. The van der Waals surface area contributed by atoms with E-state index in [2.05, 4.69) is 11.9 Å². The molecule has 0 aliphatic carbocycles. The van der Waals surface area contributed by atoms with Gasteiger partial charge in [-0.3, -0.25) is 0 Å². The summed E-state index contributed by atoms with van der Waals surface area (Å²) >= 11 is 3.26. The van der Waals surface area contributed by atoms with E-state index in [1.807, 2.05) is 0 Å². The van der Waals surface area contributed by atoms with Crippen LogP contribution in [-0.2, 0) is 0 Å². The van der Waals surface area contributed by atoms with Gasteiger partial charge < -0.3 is 0 Å². The molecule has 0 saturated heterocycles. The van der Waals surface area contributed by atoms with Crippen LogP contribution in [0.25, 0.3) is 0 Å². The molecule has 0 rings (SSSR count). The normalized spacial score (nSPS) is 8.73. The Labute approximate surface area is 99.1 Å². The second kappa shape index (κ2) is 17.6. The van der Waals surface area contributed by atoms with E-state index < -0.39 is 0 Å². The van der Waals surface area contributed by atoms with E-state index in [0.717, 1.165) is 0 Å². The Morgan fingerprint density at radius 3 is 1.73 bits per heavy atom. The molecule has 0 bridgehead atoms. The van der Waals surface area contributed by atoms with Gasteiger partial charge in [-0.25, -0.2) is 0 Å². The van der Waals surface area contributed by atoms with Crippen LogP contribution in [0.1, 0.15) is 45.4 Å². The molecule has 0 amide bonds. The van der Waals surface area contributed by atoms with Crippen molar-refractivity contribution in [2.24, 2.45) is 0 Å². The fourth-order valence-electron chi connectivity index (χ4n) is 0.905. The molecule has 0 aromatic rings. The van der Waals surface area contributed by atoms with Crippen LogP contribution in [0.15, 0.2) is 0 Å². The van der Waals surface area contributed by atoms with Crippen molar-refractivity contribution in [2.75, 3.05) is 0 Å². The third-order valence-corrected chi connectivity index (χ3v) is 2.54. The molecule has 11 heavy (non-hydrogen) atoms. The number of hydrogen-bond acceptors (Lipinski definition) is 0. The van der Waals surface area contributed by atoms with Crippen molar-refractivity contribution in [2.45, 2.75) is 54.8 Å². The van der Waals surface area contributed by atoms with E-state index in [9.17, 15) is 0 Å². The van der Waals surface area contributed by atoms with Crippen molar-refractivity contribution in [3.63, 3.8) is 0 Å². The van der Waals surface area contributed by atoms with E-state index >= 15 is 0 Å². The Bertz CT molecular complexity index is 40.8. The topological polar surface area (TPSA) is 0 Å². The molecule has 0 fully saturated rings. The Kier molecular flexibility index (Phi) is 24.2. The van der Waals surface area contributed by atoms with Gasteiger partial charge in [-0.2, -0.15) is 0 Å². The zero-order chi connectivity index (χ0) is 8.95. The summed E-state index contributed by atoms with van der Waals surface area (Å²) in [6.07, 6.45) is 8.71. The maximum atomic E-state index is 2.27. The molecule has 0 unspecified atom stereocenters. The number of unbranched alkanes of at least 4 members (excludes halogenated alkanes) is 5. The molecule has 6 radical (unpaired) electrons. The third-order valence-electron chi connectivity index (χ3n) is 1.53. The van der Waals surface area contributed by atoms with Crippen LogP contribution < -0.4 is 0 Å². The Morgan fingerprint density at radius 2 is 1.27 bits per heavy atom. The molecule has 64 valence electrons. The zero-order valence-corrected chi connectivity index (χ0v) is 13.7. The predicted octanol–water partition coefficient (Wildman–Crippen LogP) is 3.14. The Balaban J connectivity index is 0. The molecule has 0 spiro atoms. The molecular weight excluding hydrogens is 346 g/mol. The van der Waals surface area contributed by atoms with E-state index in [1.165, 1.54) is 43.0 Å². The van der Waals surface area contributed by atoms with Gasteiger partial charge in [0.05, 0.1) is 0 Å². The van der Waals surface area contributed by atoms with Crippen LogP contribution in [0.3, 0.4) is 0 Å². The molecule has 0 N–H and O–H groups in total. The van der Waals surface area contributed by atoms with Gasteiger partial charge in [0.25, 0.3) is 0 Å². The molecule has 0 nitrogen and oxygen atoms in total. The third kappa shape index (κ3) is 18.5. The van der Waals surface area contributed by atoms with Crippen molar-refractivity contribution in [1.82, 2.24) is 0 Å². The summed E-state index contributed by atoms with van der Waals surface area (Å²) in [4.78, 5) is 2.09. The van der Waals surface area contributed by atoms with Crippen molar-refractivity contribution in [1.29, 1.82) is 0 Å². The van der Waals surface area contributed by atoms with Gasteiger partial charge in [0.2, 0.25) is 0 Å². The van der Waals surface area contributed by atoms with Gasteiger partial charge in [0.15, 0.2) is 0 Å². The first-order valence-electron chi connectivity index (χ1n) is 4.56. The van der Waals surface area contributed by atoms with Gasteiger partial charge >= 0.3 is 99.9 Å². The van der Waals surface area contributed by atoms with Crippen LogP contribution in [0.5, 0.6) is 0 Å². The Hall–Kier alpha value is 1.60. The van der Waals surface area contributed by atoms with Crippen LogP contribution in [0, 0.1) is 0 Å². The monoisotopic (exact) mass is 368 g/mol. The molecule has 2 heteroatoms. The number of hydrogen-bond donors (Lipinski definition) is 0. The van der Waals surface area contributed by atoms with Gasteiger partial charge in [0.1, 0.15) is 0 Å². The fraction of sp³-hybridized carbons (Fsp3) is 1.00. The summed E-state index contributed by atoms with van der Waals surface area (Å²) in [6.45, 7) is 2.27. The summed E-state index contributed by atoms with van der Waals surface area (Å²) in [5.74, 6) is 0. The van der Waals surface area contributed by atoms with Crippen molar-refractivity contribution in [3.05, 3.63) is 0 Å². The second-order valence-corrected chi connectivity index (χ2v) is 3.94. The van der Waals surface area contributed by atoms with Crippen LogP contribution in [0.4, 0.5) is 0 Å². The standard InChI is InChI=1S/C8H17.CH3.2Sn/c1-3-5-7-8-6-4-2;;;/h1,3-8H2,2H3;1H3;;. The summed E-state index contributed by atoms with van der Waals surface area (Å²) in [5.41, 5.74) is 0. The maximum absolute atomic E-state index is 2.27. The molecular formula is C9H20Sn2. The molecule has 0 aliphatic rings. The van der Waals surface area contributed by atoms with Crippen molar-refractivity contribution in [3.8, 4) is 0 Å². The average Bonchev–Trinajstić information content (AvgIpc) is 2.08. The zero-order valence-electron chi connectivity index (χ0n) is 7.95. The fourth-order valence-corrected chi connectivity index (χ4v) is 1.62. The van der Waals surface area contributed by atoms with Crippen molar-refractivity contribution < 1.29 is 0 Å². The first kappa shape index (κ1) is 15.1. The Morgan fingerprint density at radius 1 is 0.818 bits per heavy atom. The predicted molar refractivity (Wildman–Crippen MR) is 55.6 cm³/mol. The van der Waals surface area contributed by atoms with E-state index in [4.69, 9.17) is 0 Å². The quantitative estimate of drug-likeness (QED) is 0.501. The number of rotatable bonds is 6. The summed E-state index contributed by atoms with van der Waals surface area (Å²) in [6, 6.07) is 0. The van der Waals surface area contributed by atoms with Crippen LogP contribution in [0.2, 0.25) is 9.38 Å². The first-order chi connectivity index (χ1) is 5.41. The van der Waals surface area contributed by atoms with Crippen LogP contribution >= 0.6 is 0 Å². The molecule has 0 atom stereocenters. The summed E-state index contributed by atoms with van der Waals surface area (Å²) < 4.78 is 1.46.